The largest absolute Gasteiger partial charge is 0.456 e. The molecular formula is C58H34O. The SMILES string of the molecule is c1ccc2c(c1)Oc1c(cc(-c3ccc4c(c3)-c3ccccc3C43c4ccccc4-c4ccc5ccccc5c43)c3ccccc13)C21c2ccccc2-c2ccccc21. The third-order valence-electron chi connectivity index (χ3n) is 14.1. The Kier molecular flexibility index (Phi) is 5.96. The molecular weight excluding hydrogens is 713 g/mol. The highest BCUT2D eigenvalue weighted by Gasteiger charge is 2.54. The molecule has 1 heteroatoms. The fourth-order valence-corrected chi connectivity index (χ4v) is 12.0. The first kappa shape index (κ1) is 31.6. The predicted molar refractivity (Wildman–Crippen MR) is 241 cm³/mol. The van der Waals surface area contributed by atoms with Crippen LogP contribution in [-0.4, -0.2) is 0 Å². The second kappa shape index (κ2) is 11.1. The Hall–Kier alpha value is -7.48. The lowest BCUT2D eigenvalue weighted by Gasteiger charge is -2.40. The molecule has 1 atom stereocenters. The van der Waals surface area contributed by atoms with E-state index in [9.17, 15) is 0 Å². The van der Waals surface area contributed by atoms with Gasteiger partial charge in [0, 0.05) is 16.5 Å². The van der Waals surface area contributed by atoms with Crippen molar-refractivity contribution < 1.29 is 4.74 Å². The number of para-hydroxylation sites is 1. The normalized spacial score (nSPS) is 16.5. The summed E-state index contributed by atoms with van der Waals surface area (Å²) in [6.07, 6.45) is 0. The number of fused-ring (bicyclic) bond motifs is 23. The minimum atomic E-state index is -0.554. The zero-order chi connectivity index (χ0) is 38.5. The smallest absolute Gasteiger partial charge is 0.140 e. The maximum Gasteiger partial charge on any atom is 0.140 e. The molecule has 0 bridgehead atoms. The summed E-state index contributed by atoms with van der Waals surface area (Å²) in [5, 5.41) is 4.90. The van der Waals surface area contributed by atoms with E-state index in [2.05, 4.69) is 206 Å². The summed E-state index contributed by atoms with van der Waals surface area (Å²) >= 11 is 0. The second-order valence-electron chi connectivity index (χ2n) is 16.6. The molecule has 1 unspecified atom stereocenters. The monoisotopic (exact) mass is 746 g/mol. The van der Waals surface area contributed by atoms with Crippen LogP contribution in [0.5, 0.6) is 11.5 Å². The van der Waals surface area contributed by atoms with Gasteiger partial charge in [0.05, 0.1) is 10.8 Å². The summed E-state index contributed by atoms with van der Waals surface area (Å²) in [7, 11) is 0. The van der Waals surface area contributed by atoms with Crippen LogP contribution in [-0.2, 0) is 10.8 Å². The molecule has 0 saturated carbocycles. The summed E-state index contributed by atoms with van der Waals surface area (Å²) < 4.78 is 7.08. The van der Waals surface area contributed by atoms with E-state index in [1.54, 1.807) is 0 Å². The topological polar surface area (TPSA) is 9.23 Å². The summed E-state index contributed by atoms with van der Waals surface area (Å²) in [5.41, 5.74) is 19.7. The van der Waals surface area contributed by atoms with Crippen LogP contribution < -0.4 is 4.74 Å². The van der Waals surface area contributed by atoms with Crippen LogP contribution in [0, 0.1) is 0 Å². The van der Waals surface area contributed by atoms with Gasteiger partial charge in [0.25, 0.3) is 0 Å². The molecule has 0 amide bonds. The van der Waals surface area contributed by atoms with E-state index in [1.807, 2.05) is 0 Å². The molecule has 1 aliphatic heterocycles. The number of hydrogen-bond acceptors (Lipinski definition) is 1. The van der Waals surface area contributed by atoms with Crippen molar-refractivity contribution >= 4 is 21.5 Å². The maximum absolute atomic E-state index is 7.08. The average molecular weight is 747 g/mol. The highest BCUT2D eigenvalue weighted by Crippen LogP contribution is 2.66. The second-order valence-corrected chi connectivity index (χ2v) is 16.6. The Morgan fingerprint density at radius 2 is 0.797 bits per heavy atom. The van der Waals surface area contributed by atoms with Gasteiger partial charge < -0.3 is 4.74 Å². The molecule has 0 saturated heterocycles. The third kappa shape index (κ3) is 3.69. The van der Waals surface area contributed by atoms with Gasteiger partial charge in [0.2, 0.25) is 0 Å². The molecule has 2 spiro atoms. The van der Waals surface area contributed by atoms with Crippen molar-refractivity contribution in [2.75, 3.05) is 0 Å². The van der Waals surface area contributed by atoms with E-state index in [0.29, 0.717) is 0 Å². The van der Waals surface area contributed by atoms with Crippen LogP contribution >= 0.6 is 0 Å². The number of benzene rings is 10. The Morgan fingerprint density at radius 1 is 0.288 bits per heavy atom. The Bertz CT molecular complexity index is 3450. The summed E-state index contributed by atoms with van der Waals surface area (Å²) in [6, 6.07) is 77.2. The quantitative estimate of drug-likeness (QED) is 0.163. The Balaban J connectivity index is 1.08. The van der Waals surface area contributed by atoms with Crippen LogP contribution in [0.25, 0.3) is 66.1 Å². The zero-order valence-electron chi connectivity index (χ0n) is 32.0. The van der Waals surface area contributed by atoms with Crippen LogP contribution in [0.2, 0.25) is 0 Å². The molecule has 0 radical (unpaired) electrons. The summed E-state index contributed by atoms with van der Waals surface area (Å²) in [5.74, 6) is 1.85. The molecule has 4 aliphatic rings. The molecule has 3 aliphatic carbocycles. The maximum atomic E-state index is 7.08. The molecule has 0 N–H and O–H groups in total. The van der Waals surface area contributed by atoms with E-state index >= 15 is 0 Å². The van der Waals surface area contributed by atoms with Gasteiger partial charge in [-0.3, -0.25) is 0 Å². The first-order chi connectivity index (χ1) is 29.3. The molecule has 10 aromatic rings. The molecule has 0 fully saturated rings. The Labute approximate surface area is 342 Å². The molecule has 272 valence electrons. The van der Waals surface area contributed by atoms with Gasteiger partial charge in [-0.05, 0) is 112 Å². The molecule has 0 aromatic heterocycles. The first-order valence-corrected chi connectivity index (χ1v) is 20.7. The van der Waals surface area contributed by atoms with Gasteiger partial charge in [0.15, 0.2) is 0 Å². The molecule has 1 heterocycles. The van der Waals surface area contributed by atoms with Crippen LogP contribution in [0.15, 0.2) is 206 Å². The van der Waals surface area contributed by atoms with E-state index in [4.69, 9.17) is 4.74 Å². The van der Waals surface area contributed by atoms with Gasteiger partial charge in [-0.15, -0.1) is 0 Å². The standard InChI is InChI=1S/C58H34O/c1-2-16-37-35(15-1)29-31-43-41-20-7-11-25-49(41)58(55(37)43)50-26-12-8-21-42(50)46-33-36(30-32-51(46)58)45-34-53-56(44-22-4-3-17-38(44)45)59-54-28-14-13-27-52(54)57(53)47-23-9-5-18-39(47)40-19-6-10-24-48(40)57/h1-34H. The lowest BCUT2D eigenvalue weighted by atomic mass is 9.65. The highest BCUT2D eigenvalue weighted by molar-refractivity contribution is 6.07. The van der Waals surface area contributed by atoms with Gasteiger partial charge in [0.1, 0.15) is 11.5 Å². The summed E-state index contributed by atoms with van der Waals surface area (Å²) in [6.45, 7) is 0. The van der Waals surface area contributed by atoms with Crippen LogP contribution in [0.1, 0.15) is 44.5 Å². The van der Waals surface area contributed by atoms with E-state index in [-0.39, 0.29) is 0 Å². The van der Waals surface area contributed by atoms with Crippen molar-refractivity contribution in [2.45, 2.75) is 10.8 Å². The van der Waals surface area contributed by atoms with Crippen molar-refractivity contribution in [3.05, 3.63) is 251 Å². The third-order valence-corrected chi connectivity index (χ3v) is 14.1. The predicted octanol–water partition coefficient (Wildman–Crippen LogP) is 14.5. The van der Waals surface area contributed by atoms with E-state index in [1.165, 1.54) is 105 Å². The van der Waals surface area contributed by atoms with Crippen molar-refractivity contribution in [1.82, 2.24) is 0 Å². The van der Waals surface area contributed by atoms with Crippen LogP contribution in [0.3, 0.4) is 0 Å². The van der Waals surface area contributed by atoms with E-state index in [0.717, 1.165) is 16.9 Å². The summed E-state index contributed by atoms with van der Waals surface area (Å²) in [4.78, 5) is 0. The number of hydrogen-bond donors (Lipinski definition) is 0. The van der Waals surface area contributed by atoms with Gasteiger partial charge in [-0.2, -0.15) is 0 Å². The van der Waals surface area contributed by atoms with Crippen molar-refractivity contribution in [1.29, 1.82) is 0 Å². The fraction of sp³-hybridized carbons (Fsp3) is 0.0345. The van der Waals surface area contributed by atoms with E-state index < -0.39 is 10.8 Å². The van der Waals surface area contributed by atoms with Gasteiger partial charge in [-0.25, -0.2) is 0 Å². The lowest BCUT2D eigenvalue weighted by molar-refractivity contribution is 0.442. The number of rotatable bonds is 1. The fourth-order valence-electron chi connectivity index (χ4n) is 12.0. The molecule has 10 aromatic carbocycles. The van der Waals surface area contributed by atoms with Gasteiger partial charge in [-0.1, -0.05) is 188 Å². The highest BCUT2D eigenvalue weighted by atomic mass is 16.5. The average Bonchev–Trinajstić information content (AvgIpc) is 3.89. The molecule has 14 rings (SSSR count). The zero-order valence-corrected chi connectivity index (χ0v) is 32.0. The van der Waals surface area contributed by atoms with Crippen molar-refractivity contribution in [2.24, 2.45) is 0 Å². The van der Waals surface area contributed by atoms with Gasteiger partial charge >= 0.3 is 0 Å². The lowest BCUT2D eigenvalue weighted by Crippen LogP contribution is -2.32. The van der Waals surface area contributed by atoms with Crippen LogP contribution in [0.4, 0.5) is 0 Å². The Morgan fingerprint density at radius 3 is 1.49 bits per heavy atom. The molecule has 1 nitrogen and oxygen atoms in total. The molecule has 59 heavy (non-hydrogen) atoms. The minimum Gasteiger partial charge on any atom is -0.456 e. The van der Waals surface area contributed by atoms with Crippen molar-refractivity contribution in [3.8, 4) is 56.0 Å². The first-order valence-electron chi connectivity index (χ1n) is 20.7. The van der Waals surface area contributed by atoms with Crippen molar-refractivity contribution in [3.63, 3.8) is 0 Å². The number of ether oxygens (including phenoxy) is 1. The minimum absolute atomic E-state index is 0.436.